The highest BCUT2D eigenvalue weighted by Crippen LogP contribution is 2.27. The molecule has 0 saturated heterocycles. The summed E-state index contributed by atoms with van der Waals surface area (Å²) in [6, 6.07) is 8.14. The van der Waals surface area contributed by atoms with Crippen molar-refractivity contribution in [2.45, 2.75) is 38.2 Å². The predicted molar refractivity (Wildman–Crippen MR) is 89.3 cm³/mol. The smallest absolute Gasteiger partial charge is 0.0623 e. The molecule has 1 aromatic rings. The van der Waals surface area contributed by atoms with E-state index < -0.39 is 0 Å². The largest absolute Gasteiger partial charge is 0.383 e. The molecular formula is C17H28ClNO2. The zero-order valence-electron chi connectivity index (χ0n) is 13.6. The van der Waals surface area contributed by atoms with Gasteiger partial charge in [0, 0.05) is 32.3 Å². The summed E-state index contributed by atoms with van der Waals surface area (Å²) in [6.07, 6.45) is 2.06. The lowest BCUT2D eigenvalue weighted by atomic mass is 9.89. The van der Waals surface area contributed by atoms with E-state index in [-0.39, 0.29) is 5.60 Å². The van der Waals surface area contributed by atoms with Gasteiger partial charge in [-0.1, -0.05) is 23.7 Å². The van der Waals surface area contributed by atoms with E-state index in [0.29, 0.717) is 5.92 Å². The Kier molecular flexibility index (Phi) is 8.27. The maximum absolute atomic E-state index is 6.12. The van der Waals surface area contributed by atoms with Crippen LogP contribution in [-0.2, 0) is 9.47 Å². The Hall–Kier alpha value is -0.610. The van der Waals surface area contributed by atoms with Crippen molar-refractivity contribution in [2.75, 3.05) is 33.9 Å². The van der Waals surface area contributed by atoms with Gasteiger partial charge in [0.25, 0.3) is 0 Å². The summed E-state index contributed by atoms with van der Waals surface area (Å²) in [5.41, 5.74) is 1.18. The molecule has 1 rings (SSSR count). The number of ether oxygens (including phenoxy) is 2. The molecule has 1 aromatic carbocycles. The standard InChI is InChI=1S/C17H28ClNO2/c1-17(2,21-4)9-8-15(13-19-10-11-20-3)14-6-5-7-16(18)12-14/h5-7,12,15,19H,8-11,13H2,1-4H3. The van der Waals surface area contributed by atoms with Gasteiger partial charge in [0.1, 0.15) is 0 Å². The average molecular weight is 314 g/mol. The summed E-state index contributed by atoms with van der Waals surface area (Å²) >= 11 is 6.12. The van der Waals surface area contributed by atoms with E-state index in [1.807, 2.05) is 12.1 Å². The second kappa shape index (κ2) is 9.42. The van der Waals surface area contributed by atoms with E-state index in [0.717, 1.165) is 37.6 Å². The third-order valence-corrected chi connectivity index (χ3v) is 4.08. The number of hydrogen-bond donors (Lipinski definition) is 1. The predicted octanol–water partition coefficient (Wildman–Crippen LogP) is 3.86. The normalized spacial score (nSPS) is 13.4. The molecule has 0 amide bonds. The third-order valence-electron chi connectivity index (χ3n) is 3.84. The summed E-state index contributed by atoms with van der Waals surface area (Å²) in [4.78, 5) is 0. The van der Waals surface area contributed by atoms with Gasteiger partial charge in [-0.25, -0.2) is 0 Å². The molecule has 0 heterocycles. The van der Waals surface area contributed by atoms with Gasteiger partial charge < -0.3 is 14.8 Å². The fraction of sp³-hybridized carbons (Fsp3) is 0.647. The molecule has 4 heteroatoms. The number of rotatable bonds is 10. The third kappa shape index (κ3) is 7.28. The van der Waals surface area contributed by atoms with Crippen molar-refractivity contribution < 1.29 is 9.47 Å². The van der Waals surface area contributed by atoms with E-state index in [1.54, 1.807) is 14.2 Å². The molecule has 0 aliphatic rings. The number of benzene rings is 1. The summed E-state index contributed by atoms with van der Waals surface area (Å²) in [6.45, 7) is 6.76. The maximum Gasteiger partial charge on any atom is 0.0623 e. The summed E-state index contributed by atoms with van der Waals surface area (Å²) in [5.74, 6) is 0.426. The van der Waals surface area contributed by atoms with Crippen LogP contribution in [0.25, 0.3) is 0 Å². The minimum absolute atomic E-state index is 0.0939. The molecule has 1 N–H and O–H groups in total. The second-order valence-corrected chi connectivity index (χ2v) is 6.39. The molecule has 0 aliphatic carbocycles. The van der Waals surface area contributed by atoms with Crippen LogP contribution in [0.4, 0.5) is 0 Å². The lowest BCUT2D eigenvalue weighted by Gasteiger charge is -2.26. The number of methoxy groups -OCH3 is 2. The first-order valence-electron chi connectivity index (χ1n) is 7.49. The topological polar surface area (TPSA) is 30.5 Å². The molecule has 0 aliphatic heterocycles. The minimum Gasteiger partial charge on any atom is -0.383 e. The highest BCUT2D eigenvalue weighted by atomic mass is 35.5. The van der Waals surface area contributed by atoms with E-state index in [2.05, 4.69) is 31.3 Å². The van der Waals surface area contributed by atoms with Gasteiger partial charge in [0.2, 0.25) is 0 Å². The summed E-state index contributed by atoms with van der Waals surface area (Å²) in [5, 5.41) is 4.24. The van der Waals surface area contributed by atoms with Gasteiger partial charge in [-0.15, -0.1) is 0 Å². The Labute approximate surface area is 134 Å². The molecule has 0 radical (unpaired) electrons. The number of nitrogens with one attached hydrogen (secondary N) is 1. The highest BCUT2D eigenvalue weighted by Gasteiger charge is 2.20. The van der Waals surface area contributed by atoms with Gasteiger partial charge in [0.15, 0.2) is 0 Å². The Balaban J connectivity index is 2.65. The summed E-state index contributed by atoms with van der Waals surface area (Å²) < 4.78 is 10.6. The van der Waals surface area contributed by atoms with Gasteiger partial charge in [-0.3, -0.25) is 0 Å². The van der Waals surface area contributed by atoms with Crippen molar-refractivity contribution in [3.63, 3.8) is 0 Å². The van der Waals surface area contributed by atoms with E-state index in [9.17, 15) is 0 Å². The van der Waals surface area contributed by atoms with Crippen molar-refractivity contribution in [1.29, 1.82) is 0 Å². The SMILES string of the molecule is COCCNCC(CCC(C)(C)OC)c1cccc(Cl)c1. The van der Waals surface area contributed by atoms with Crippen molar-refractivity contribution in [2.24, 2.45) is 0 Å². The molecule has 21 heavy (non-hydrogen) atoms. The van der Waals surface area contributed by atoms with Crippen LogP contribution in [0.5, 0.6) is 0 Å². The lowest BCUT2D eigenvalue weighted by Crippen LogP contribution is -2.28. The van der Waals surface area contributed by atoms with Gasteiger partial charge in [-0.05, 0) is 50.3 Å². The fourth-order valence-electron chi connectivity index (χ4n) is 2.22. The van der Waals surface area contributed by atoms with Crippen molar-refractivity contribution in [3.8, 4) is 0 Å². The molecule has 0 spiro atoms. The zero-order chi connectivity index (χ0) is 15.7. The average Bonchev–Trinajstić information content (AvgIpc) is 2.46. The fourth-order valence-corrected chi connectivity index (χ4v) is 2.42. The monoisotopic (exact) mass is 313 g/mol. The first kappa shape index (κ1) is 18.4. The van der Waals surface area contributed by atoms with Gasteiger partial charge in [-0.2, -0.15) is 0 Å². The Morgan fingerprint density at radius 1 is 1.29 bits per heavy atom. The van der Waals surface area contributed by atoms with Gasteiger partial charge >= 0.3 is 0 Å². The first-order valence-corrected chi connectivity index (χ1v) is 7.86. The number of halogens is 1. The highest BCUT2D eigenvalue weighted by molar-refractivity contribution is 6.30. The van der Waals surface area contributed by atoms with Crippen molar-refractivity contribution >= 4 is 11.6 Å². The molecule has 3 nitrogen and oxygen atoms in total. The van der Waals surface area contributed by atoms with Crippen LogP contribution in [0.2, 0.25) is 5.02 Å². The molecule has 1 atom stereocenters. The lowest BCUT2D eigenvalue weighted by molar-refractivity contribution is 0.0124. The zero-order valence-corrected chi connectivity index (χ0v) is 14.4. The van der Waals surface area contributed by atoms with Crippen LogP contribution < -0.4 is 5.32 Å². The van der Waals surface area contributed by atoms with Crippen LogP contribution in [0.1, 0.15) is 38.2 Å². The minimum atomic E-state index is -0.0939. The summed E-state index contributed by atoms with van der Waals surface area (Å²) in [7, 11) is 3.49. The van der Waals surface area contributed by atoms with Crippen LogP contribution >= 0.6 is 11.6 Å². The number of hydrogen-bond acceptors (Lipinski definition) is 3. The molecule has 120 valence electrons. The quantitative estimate of drug-likeness (QED) is 0.665. The van der Waals surface area contributed by atoms with Gasteiger partial charge in [0.05, 0.1) is 12.2 Å². The molecular weight excluding hydrogens is 286 g/mol. The van der Waals surface area contributed by atoms with Crippen LogP contribution in [0, 0.1) is 0 Å². The van der Waals surface area contributed by atoms with E-state index in [4.69, 9.17) is 21.1 Å². The molecule has 0 bridgehead atoms. The Morgan fingerprint density at radius 3 is 2.67 bits per heavy atom. The first-order chi connectivity index (χ1) is 9.98. The molecule has 1 unspecified atom stereocenters. The molecule has 0 saturated carbocycles. The Morgan fingerprint density at radius 2 is 2.05 bits per heavy atom. The molecule has 0 aromatic heterocycles. The van der Waals surface area contributed by atoms with E-state index in [1.165, 1.54) is 5.56 Å². The van der Waals surface area contributed by atoms with Crippen LogP contribution in [0.15, 0.2) is 24.3 Å². The van der Waals surface area contributed by atoms with Crippen molar-refractivity contribution in [3.05, 3.63) is 34.9 Å². The Bertz CT molecular complexity index is 410. The maximum atomic E-state index is 6.12. The second-order valence-electron chi connectivity index (χ2n) is 5.95. The molecule has 0 fully saturated rings. The van der Waals surface area contributed by atoms with Crippen LogP contribution in [-0.4, -0.2) is 39.5 Å². The van der Waals surface area contributed by atoms with E-state index >= 15 is 0 Å². The van der Waals surface area contributed by atoms with Crippen LogP contribution in [0.3, 0.4) is 0 Å². The van der Waals surface area contributed by atoms with Crippen molar-refractivity contribution in [1.82, 2.24) is 5.32 Å².